The molecule has 0 heterocycles. The molecule has 2 aromatic rings. The molecule has 0 aliphatic carbocycles. The predicted octanol–water partition coefficient (Wildman–Crippen LogP) is 4.09. The van der Waals surface area contributed by atoms with Gasteiger partial charge in [-0.05, 0) is 36.6 Å². The van der Waals surface area contributed by atoms with Crippen LogP contribution in [-0.4, -0.2) is 50.5 Å². The SMILES string of the molecule is CCCNC(=O)C(CC)N(Cc1ccccc1)C(=O)CN(c1ccc(Cl)cc1Cl)S(C)(=O)=O. The second kappa shape index (κ2) is 12.3. The van der Waals surface area contributed by atoms with Crippen molar-refractivity contribution in [1.29, 1.82) is 0 Å². The van der Waals surface area contributed by atoms with Gasteiger partial charge in [0.2, 0.25) is 21.8 Å². The van der Waals surface area contributed by atoms with Gasteiger partial charge in [-0.1, -0.05) is 67.4 Å². The van der Waals surface area contributed by atoms with Crippen LogP contribution in [-0.2, 0) is 26.2 Å². The molecule has 0 saturated carbocycles. The largest absolute Gasteiger partial charge is 0.354 e. The Balaban J connectivity index is 2.43. The number of carbonyl (C=O) groups is 2. The number of rotatable bonds is 11. The van der Waals surface area contributed by atoms with E-state index in [2.05, 4.69) is 5.32 Å². The fraction of sp³-hybridized carbons (Fsp3) is 0.391. The third-order valence-corrected chi connectivity index (χ3v) is 6.65. The van der Waals surface area contributed by atoms with E-state index in [-0.39, 0.29) is 23.2 Å². The van der Waals surface area contributed by atoms with Crippen LogP contribution in [0.2, 0.25) is 10.0 Å². The van der Waals surface area contributed by atoms with Crippen molar-refractivity contribution in [1.82, 2.24) is 10.2 Å². The Morgan fingerprint density at radius 1 is 1.06 bits per heavy atom. The summed E-state index contributed by atoms with van der Waals surface area (Å²) in [7, 11) is -3.86. The number of anilines is 1. The van der Waals surface area contributed by atoms with Crippen molar-refractivity contribution in [3.63, 3.8) is 0 Å². The van der Waals surface area contributed by atoms with Gasteiger partial charge in [0.05, 0.1) is 17.0 Å². The van der Waals surface area contributed by atoms with Crippen LogP contribution < -0.4 is 9.62 Å². The number of hydrogen-bond donors (Lipinski definition) is 1. The molecule has 180 valence electrons. The van der Waals surface area contributed by atoms with Crippen molar-refractivity contribution in [2.24, 2.45) is 0 Å². The van der Waals surface area contributed by atoms with Gasteiger partial charge < -0.3 is 10.2 Å². The molecule has 0 radical (unpaired) electrons. The van der Waals surface area contributed by atoms with E-state index in [1.54, 1.807) is 0 Å². The van der Waals surface area contributed by atoms with Crippen LogP contribution in [0, 0.1) is 0 Å². The molecule has 0 aromatic heterocycles. The summed E-state index contributed by atoms with van der Waals surface area (Å²) in [6.45, 7) is 3.88. The van der Waals surface area contributed by atoms with Gasteiger partial charge in [-0.2, -0.15) is 0 Å². The summed E-state index contributed by atoms with van der Waals surface area (Å²) < 4.78 is 26.1. The summed E-state index contributed by atoms with van der Waals surface area (Å²) in [6.07, 6.45) is 2.12. The highest BCUT2D eigenvalue weighted by atomic mass is 35.5. The fourth-order valence-electron chi connectivity index (χ4n) is 3.34. The molecule has 2 rings (SSSR count). The summed E-state index contributed by atoms with van der Waals surface area (Å²) in [4.78, 5) is 27.8. The molecule has 2 aromatic carbocycles. The molecule has 1 N–H and O–H groups in total. The first-order valence-electron chi connectivity index (χ1n) is 10.6. The van der Waals surface area contributed by atoms with Crippen LogP contribution in [0.3, 0.4) is 0 Å². The van der Waals surface area contributed by atoms with E-state index in [9.17, 15) is 18.0 Å². The quantitative estimate of drug-likeness (QED) is 0.490. The molecule has 7 nitrogen and oxygen atoms in total. The van der Waals surface area contributed by atoms with Crippen molar-refractivity contribution in [3.05, 3.63) is 64.1 Å². The average molecular weight is 514 g/mol. The van der Waals surface area contributed by atoms with Gasteiger partial charge in [-0.3, -0.25) is 13.9 Å². The van der Waals surface area contributed by atoms with E-state index in [0.29, 0.717) is 18.0 Å². The van der Waals surface area contributed by atoms with Crippen LogP contribution in [0.25, 0.3) is 0 Å². The van der Waals surface area contributed by atoms with Crippen molar-refractivity contribution >= 4 is 50.7 Å². The first-order valence-corrected chi connectivity index (χ1v) is 13.2. The molecule has 0 spiro atoms. The zero-order chi connectivity index (χ0) is 24.6. The lowest BCUT2D eigenvalue weighted by Crippen LogP contribution is -2.52. The lowest BCUT2D eigenvalue weighted by Gasteiger charge is -2.33. The normalized spacial score (nSPS) is 12.2. The summed E-state index contributed by atoms with van der Waals surface area (Å²) in [5.74, 6) is -0.798. The molecule has 0 aliphatic rings. The van der Waals surface area contributed by atoms with Crippen molar-refractivity contribution in [3.8, 4) is 0 Å². The molecule has 0 aliphatic heterocycles. The van der Waals surface area contributed by atoms with Gasteiger partial charge in [0.25, 0.3) is 0 Å². The highest BCUT2D eigenvalue weighted by Gasteiger charge is 2.32. The predicted molar refractivity (Wildman–Crippen MR) is 133 cm³/mol. The Bertz CT molecular complexity index is 1060. The fourth-order valence-corrected chi connectivity index (χ4v) is 4.77. The second-order valence-corrected chi connectivity index (χ2v) is 10.3. The minimum atomic E-state index is -3.86. The molecular formula is C23H29Cl2N3O4S. The average Bonchev–Trinajstić information content (AvgIpc) is 2.76. The molecule has 1 atom stereocenters. The standard InChI is InChI=1S/C23H29Cl2N3O4S/c1-4-13-26-23(30)20(5-2)27(15-17-9-7-6-8-10-17)22(29)16-28(33(3,31)32)21-12-11-18(24)14-19(21)25/h6-12,14,20H,4-5,13,15-16H2,1-3H3,(H,26,30). The number of sulfonamides is 1. The monoisotopic (exact) mass is 513 g/mol. The maximum atomic E-state index is 13.5. The molecule has 0 saturated heterocycles. The lowest BCUT2D eigenvalue weighted by molar-refractivity contribution is -0.140. The van der Waals surface area contributed by atoms with E-state index in [4.69, 9.17) is 23.2 Å². The topological polar surface area (TPSA) is 86.8 Å². The molecule has 10 heteroatoms. The highest BCUT2D eigenvalue weighted by molar-refractivity contribution is 7.92. The Kier molecular flexibility index (Phi) is 10.0. The first-order chi connectivity index (χ1) is 15.6. The molecule has 33 heavy (non-hydrogen) atoms. The van der Waals surface area contributed by atoms with E-state index in [0.717, 1.165) is 22.5 Å². The summed E-state index contributed by atoms with van der Waals surface area (Å²) in [6, 6.07) is 12.8. The van der Waals surface area contributed by atoms with Gasteiger partial charge in [0.15, 0.2) is 0 Å². The second-order valence-electron chi connectivity index (χ2n) is 7.59. The van der Waals surface area contributed by atoms with Crippen LogP contribution in [0.1, 0.15) is 32.3 Å². The summed E-state index contributed by atoms with van der Waals surface area (Å²) >= 11 is 12.2. The maximum absolute atomic E-state index is 13.5. The van der Waals surface area contributed by atoms with Gasteiger partial charge in [0, 0.05) is 18.1 Å². The third-order valence-electron chi connectivity index (χ3n) is 4.99. The van der Waals surface area contributed by atoms with Crippen molar-refractivity contribution < 1.29 is 18.0 Å². The highest BCUT2D eigenvalue weighted by Crippen LogP contribution is 2.30. The molecule has 0 bridgehead atoms. The zero-order valence-electron chi connectivity index (χ0n) is 18.9. The first kappa shape index (κ1) is 27.0. The third kappa shape index (κ3) is 7.62. The number of benzene rings is 2. The molecular weight excluding hydrogens is 485 g/mol. The van der Waals surface area contributed by atoms with Crippen LogP contribution in [0.15, 0.2) is 48.5 Å². The number of halogens is 2. The minimum absolute atomic E-state index is 0.100. The van der Waals surface area contributed by atoms with Gasteiger partial charge >= 0.3 is 0 Å². The molecule has 1 unspecified atom stereocenters. The lowest BCUT2D eigenvalue weighted by atomic mass is 10.1. The smallest absolute Gasteiger partial charge is 0.244 e. The number of nitrogens with one attached hydrogen (secondary N) is 1. The maximum Gasteiger partial charge on any atom is 0.244 e. The van der Waals surface area contributed by atoms with Crippen LogP contribution in [0.5, 0.6) is 0 Å². The number of hydrogen-bond acceptors (Lipinski definition) is 4. The Morgan fingerprint density at radius 3 is 2.27 bits per heavy atom. The van der Waals surface area contributed by atoms with E-state index >= 15 is 0 Å². The summed E-state index contributed by atoms with van der Waals surface area (Å²) in [5, 5.41) is 3.28. The van der Waals surface area contributed by atoms with Gasteiger partial charge in [-0.15, -0.1) is 0 Å². The van der Waals surface area contributed by atoms with E-state index in [1.165, 1.54) is 23.1 Å². The van der Waals surface area contributed by atoms with Crippen LogP contribution >= 0.6 is 23.2 Å². The zero-order valence-corrected chi connectivity index (χ0v) is 21.3. The summed E-state index contributed by atoms with van der Waals surface area (Å²) in [5.41, 5.74) is 0.961. The number of carbonyl (C=O) groups excluding carboxylic acids is 2. The Labute approximate surface area is 205 Å². The molecule has 0 fully saturated rings. The molecule has 2 amide bonds. The van der Waals surface area contributed by atoms with Crippen molar-refractivity contribution in [2.45, 2.75) is 39.3 Å². The van der Waals surface area contributed by atoms with E-state index in [1.807, 2.05) is 44.2 Å². The van der Waals surface area contributed by atoms with Gasteiger partial charge in [0.1, 0.15) is 12.6 Å². The Hall–Kier alpha value is -2.29. The number of nitrogens with zero attached hydrogens (tertiary/aromatic N) is 2. The minimum Gasteiger partial charge on any atom is -0.354 e. The number of amides is 2. The van der Waals surface area contributed by atoms with Crippen LogP contribution in [0.4, 0.5) is 5.69 Å². The van der Waals surface area contributed by atoms with Gasteiger partial charge in [-0.25, -0.2) is 8.42 Å². The van der Waals surface area contributed by atoms with Crippen molar-refractivity contribution in [2.75, 3.05) is 23.7 Å². The van der Waals surface area contributed by atoms with E-state index < -0.39 is 28.5 Å². The Morgan fingerprint density at radius 2 is 1.73 bits per heavy atom.